The van der Waals surface area contributed by atoms with Crippen LogP contribution in [0, 0.1) is 23.2 Å². The minimum Gasteiger partial charge on any atom is -0.393 e. The van der Waals surface area contributed by atoms with Crippen molar-refractivity contribution in [2.24, 2.45) is 23.2 Å². The molecule has 0 heterocycles. The van der Waals surface area contributed by atoms with Gasteiger partial charge < -0.3 is 10.2 Å². The van der Waals surface area contributed by atoms with Crippen LogP contribution in [-0.4, -0.2) is 27.7 Å². The fraction of sp³-hybridized carbons (Fsp3) is 0.808. The van der Waals surface area contributed by atoms with Crippen molar-refractivity contribution in [3.8, 4) is 0 Å². The van der Waals surface area contributed by atoms with Gasteiger partial charge in [-0.15, -0.1) is 0 Å². The molecule has 5 atom stereocenters. The Labute approximate surface area is 177 Å². The van der Waals surface area contributed by atoms with Gasteiger partial charge in [0.15, 0.2) is 5.78 Å². The van der Waals surface area contributed by atoms with Crippen LogP contribution in [0.25, 0.3) is 0 Å². The number of aliphatic hydroxyl groups is 2. The molecule has 0 aromatic heterocycles. The zero-order valence-electron chi connectivity index (χ0n) is 19.0. The number of allylic oxidation sites excluding steroid dienone is 3. The van der Waals surface area contributed by atoms with Gasteiger partial charge in [-0.05, 0) is 87.5 Å². The van der Waals surface area contributed by atoms with E-state index >= 15 is 0 Å². The Bertz CT molecular complexity index is 653. The third kappa shape index (κ3) is 5.41. The van der Waals surface area contributed by atoms with E-state index in [-0.39, 0.29) is 11.9 Å². The zero-order chi connectivity index (χ0) is 21.2. The summed E-state index contributed by atoms with van der Waals surface area (Å²) in [5.41, 5.74) is 2.16. The average molecular weight is 403 g/mol. The highest BCUT2D eigenvalue weighted by Crippen LogP contribution is 2.59. The van der Waals surface area contributed by atoms with Gasteiger partial charge in [0.1, 0.15) is 0 Å². The van der Waals surface area contributed by atoms with Crippen molar-refractivity contribution in [1.29, 1.82) is 0 Å². The molecule has 0 aromatic rings. The standard InChI is InChI=1S/C26H42O3/c1-18(7-5-15-25(2,3)29)22-12-13-23-19(8-6-16-26(22,23)4)9-10-20-17-21(27)11-14-24(20)28/h9-10,18,21-23,27,29H,5-8,11-17H2,1-4H3/b19-9+,20-10+/t18-,21-,22+,23+,26-/m1/s1. The summed E-state index contributed by atoms with van der Waals surface area (Å²) >= 11 is 0. The number of Topliss-reactive ketones (excluding diaryl/α,β-unsaturated/α-hetero) is 1. The summed E-state index contributed by atoms with van der Waals surface area (Å²) in [7, 11) is 0. The predicted octanol–water partition coefficient (Wildman–Crippen LogP) is 5.75. The van der Waals surface area contributed by atoms with Crippen molar-refractivity contribution in [3.05, 3.63) is 23.3 Å². The van der Waals surface area contributed by atoms with Crippen molar-refractivity contribution in [2.75, 3.05) is 0 Å². The average Bonchev–Trinajstić information content (AvgIpc) is 2.99. The topological polar surface area (TPSA) is 57.5 Å². The quantitative estimate of drug-likeness (QED) is 0.556. The molecule has 164 valence electrons. The Hall–Kier alpha value is -0.930. The fourth-order valence-electron chi connectivity index (χ4n) is 6.57. The number of carbonyl (C=O) groups is 1. The molecule has 0 radical (unpaired) electrons. The van der Waals surface area contributed by atoms with Gasteiger partial charge in [-0.3, -0.25) is 4.79 Å². The highest BCUT2D eigenvalue weighted by molar-refractivity contribution is 5.96. The molecule has 3 saturated carbocycles. The predicted molar refractivity (Wildman–Crippen MR) is 119 cm³/mol. The molecule has 0 aromatic carbocycles. The van der Waals surface area contributed by atoms with Crippen LogP contribution in [0.15, 0.2) is 23.3 Å². The summed E-state index contributed by atoms with van der Waals surface area (Å²) in [6.45, 7) is 8.75. The summed E-state index contributed by atoms with van der Waals surface area (Å²) < 4.78 is 0. The first-order valence-electron chi connectivity index (χ1n) is 11.9. The second kappa shape index (κ2) is 9.06. The van der Waals surface area contributed by atoms with Crippen LogP contribution < -0.4 is 0 Å². The number of aliphatic hydroxyl groups excluding tert-OH is 1. The maximum atomic E-state index is 12.2. The lowest BCUT2D eigenvalue weighted by Crippen LogP contribution is -2.36. The molecule has 3 rings (SSSR count). The van der Waals surface area contributed by atoms with Gasteiger partial charge in [0, 0.05) is 12.8 Å². The van der Waals surface area contributed by atoms with Crippen LogP contribution in [0.3, 0.4) is 0 Å². The summed E-state index contributed by atoms with van der Waals surface area (Å²) in [5.74, 6) is 2.30. The van der Waals surface area contributed by atoms with Crippen molar-refractivity contribution in [3.63, 3.8) is 0 Å². The molecule has 0 saturated heterocycles. The molecule has 3 fully saturated rings. The van der Waals surface area contributed by atoms with Crippen molar-refractivity contribution >= 4 is 5.78 Å². The highest BCUT2D eigenvalue weighted by Gasteiger charge is 2.50. The van der Waals surface area contributed by atoms with Crippen molar-refractivity contribution in [1.82, 2.24) is 0 Å². The number of hydrogen-bond donors (Lipinski definition) is 2. The minimum absolute atomic E-state index is 0.218. The SMILES string of the molecule is C[C@H](CCCC(C)(C)O)[C@@H]1CC[C@H]2/C(=C/C=C3\C[C@H](O)CCC3=O)CCC[C@@]21C. The monoisotopic (exact) mass is 402 g/mol. The number of fused-ring (bicyclic) bond motifs is 1. The first kappa shape index (κ1) is 22.7. The van der Waals surface area contributed by atoms with E-state index in [1.165, 1.54) is 37.7 Å². The summed E-state index contributed by atoms with van der Waals surface area (Å²) in [4.78, 5) is 12.2. The van der Waals surface area contributed by atoms with E-state index in [4.69, 9.17) is 0 Å². The first-order chi connectivity index (χ1) is 13.6. The Kier molecular flexibility index (Phi) is 7.10. The van der Waals surface area contributed by atoms with E-state index in [9.17, 15) is 15.0 Å². The van der Waals surface area contributed by atoms with E-state index in [1.807, 2.05) is 19.9 Å². The maximum absolute atomic E-state index is 12.2. The van der Waals surface area contributed by atoms with Crippen LogP contribution in [0.2, 0.25) is 0 Å². The Morgan fingerprint density at radius 3 is 2.69 bits per heavy atom. The van der Waals surface area contributed by atoms with E-state index in [1.54, 1.807) is 0 Å². The summed E-state index contributed by atoms with van der Waals surface area (Å²) in [6, 6.07) is 0. The van der Waals surface area contributed by atoms with Crippen LogP contribution in [-0.2, 0) is 4.79 Å². The normalized spacial score (nSPS) is 37.2. The molecule has 3 heteroatoms. The van der Waals surface area contributed by atoms with Crippen LogP contribution >= 0.6 is 0 Å². The van der Waals surface area contributed by atoms with Gasteiger partial charge in [-0.25, -0.2) is 0 Å². The third-order valence-electron chi connectivity index (χ3n) is 8.19. The van der Waals surface area contributed by atoms with Crippen LogP contribution in [0.5, 0.6) is 0 Å². The summed E-state index contributed by atoms with van der Waals surface area (Å²) in [6.07, 6.45) is 15.0. The smallest absolute Gasteiger partial charge is 0.159 e. The number of hydrogen-bond acceptors (Lipinski definition) is 3. The molecule has 0 spiro atoms. The molecular weight excluding hydrogens is 360 g/mol. The second-order valence-electron chi connectivity index (χ2n) is 11.0. The lowest BCUT2D eigenvalue weighted by atomic mass is 9.60. The van der Waals surface area contributed by atoms with E-state index < -0.39 is 5.60 Å². The van der Waals surface area contributed by atoms with Crippen molar-refractivity contribution in [2.45, 2.75) is 110 Å². The lowest BCUT2D eigenvalue weighted by molar-refractivity contribution is -0.117. The highest BCUT2D eigenvalue weighted by atomic mass is 16.3. The Morgan fingerprint density at radius 2 is 1.97 bits per heavy atom. The van der Waals surface area contributed by atoms with Gasteiger partial charge >= 0.3 is 0 Å². The zero-order valence-corrected chi connectivity index (χ0v) is 19.0. The molecule has 0 amide bonds. The molecule has 3 aliphatic carbocycles. The Balaban J connectivity index is 1.68. The Morgan fingerprint density at radius 1 is 1.21 bits per heavy atom. The largest absolute Gasteiger partial charge is 0.393 e. The van der Waals surface area contributed by atoms with Crippen LogP contribution in [0.4, 0.5) is 0 Å². The van der Waals surface area contributed by atoms with Gasteiger partial charge in [-0.1, -0.05) is 44.4 Å². The molecule has 0 unspecified atom stereocenters. The number of ketones is 1. The fourth-order valence-corrected chi connectivity index (χ4v) is 6.57. The van der Waals surface area contributed by atoms with Gasteiger partial charge in [0.05, 0.1) is 11.7 Å². The molecule has 0 bridgehead atoms. The first-order valence-corrected chi connectivity index (χ1v) is 11.9. The third-order valence-corrected chi connectivity index (χ3v) is 8.19. The van der Waals surface area contributed by atoms with Gasteiger partial charge in [-0.2, -0.15) is 0 Å². The molecule has 29 heavy (non-hydrogen) atoms. The molecule has 0 aliphatic heterocycles. The number of rotatable bonds is 6. The minimum atomic E-state index is -0.555. The van der Waals surface area contributed by atoms with E-state index in [0.29, 0.717) is 36.5 Å². The molecule has 2 N–H and O–H groups in total. The second-order valence-corrected chi connectivity index (χ2v) is 11.0. The summed E-state index contributed by atoms with van der Waals surface area (Å²) in [5, 5.41) is 19.9. The van der Waals surface area contributed by atoms with Crippen molar-refractivity contribution < 1.29 is 15.0 Å². The maximum Gasteiger partial charge on any atom is 0.159 e. The number of carbonyl (C=O) groups excluding carboxylic acids is 1. The van der Waals surface area contributed by atoms with E-state index in [0.717, 1.165) is 30.8 Å². The van der Waals surface area contributed by atoms with Gasteiger partial charge in [0.25, 0.3) is 0 Å². The van der Waals surface area contributed by atoms with E-state index in [2.05, 4.69) is 19.9 Å². The lowest BCUT2D eigenvalue weighted by Gasteiger charge is -2.44. The van der Waals surface area contributed by atoms with Gasteiger partial charge in [0.2, 0.25) is 0 Å². The molecular formula is C26H42O3. The van der Waals surface area contributed by atoms with Crippen LogP contribution in [0.1, 0.15) is 98.3 Å². The molecule has 3 nitrogen and oxygen atoms in total. The molecule has 3 aliphatic rings.